The molecule has 0 fully saturated rings. The fourth-order valence-corrected chi connectivity index (χ4v) is 2.64. The first kappa shape index (κ1) is 22.0. The summed E-state index contributed by atoms with van der Waals surface area (Å²) in [6.45, 7) is 0.0691. The van der Waals surface area contributed by atoms with Crippen LogP contribution < -0.4 is 0 Å². The monoisotopic (exact) mass is 396 g/mol. The van der Waals surface area contributed by atoms with Gasteiger partial charge in [-0.05, 0) is 6.82 Å². The van der Waals surface area contributed by atoms with Gasteiger partial charge in [0.2, 0.25) is 16.3 Å². The van der Waals surface area contributed by atoms with E-state index < -0.39 is 47.1 Å². The van der Waals surface area contributed by atoms with E-state index in [1.54, 1.807) is 0 Å². The summed E-state index contributed by atoms with van der Waals surface area (Å²) in [4.78, 5) is 0. The molecular weight excluding hydrogens is 393 g/mol. The molecule has 0 heterocycles. The Hall–Kier alpha value is 0.00494. The smallest absolute Gasteiger partial charge is 0.374 e. The summed E-state index contributed by atoms with van der Waals surface area (Å²) in [7, 11) is -13.7. The Balaban J connectivity index is 5.15. The van der Waals surface area contributed by atoms with Crippen LogP contribution >= 0.6 is 16.3 Å². The molecule has 0 amide bonds. The van der Waals surface area contributed by atoms with Gasteiger partial charge in [0.1, 0.15) is 0 Å². The van der Waals surface area contributed by atoms with Crippen molar-refractivity contribution in [3.63, 3.8) is 0 Å². The molecule has 22 heavy (non-hydrogen) atoms. The first-order valence-electron chi connectivity index (χ1n) is 4.58. The fourth-order valence-electron chi connectivity index (χ4n) is 0.843. The Morgan fingerprint density at radius 1 is 0.545 bits per heavy atom. The highest BCUT2D eigenvalue weighted by molar-refractivity contribution is 7.57. The van der Waals surface area contributed by atoms with Gasteiger partial charge in [0.05, 0.1) is 0 Å². The van der Waals surface area contributed by atoms with Crippen LogP contribution in [0.2, 0.25) is 6.82 Å². The third-order valence-electron chi connectivity index (χ3n) is 1.43. The van der Waals surface area contributed by atoms with Crippen LogP contribution in [0, 0.1) is 0 Å². The van der Waals surface area contributed by atoms with Gasteiger partial charge in [-0.1, -0.05) is 0 Å². The summed E-state index contributed by atoms with van der Waals surface area (Å²) in [5, 5.41) is 0. The van der Waals surface area contributed by atoms with E-state index >= 15 is 0 Å². The van der Waals surface area contributed by atoms with E-state index in [0.29, 0.717) is 0 Å². The highest BCUT2D eigenvalue weighted by atomic mass is 31.1. The molecule has 0 unspecified atom stereocenters. The summed E-state index contributed by atoms with van der Waals surface area (Å²) >= 11 is 0. The largest absolute Gasteiger partial charge is 0.460 e. The highest BCUT2D eigenvalue weighted by Gasteiger charge is 2.62. The zero-order valence-corrected chi connectivity index (χ0v) is 11.6. The summed E-state index contributed by atoms with van der Waals surface area (Å²) in [6.07, 6.45) is 0. The predicted molar refractivity (Wildman–Crippen MR) is 51.8 cm³/mol. The van der Waals surface area contributed by atoms with Gasteiger partial charge in [-0.3, -0.25) is 0 Å². The average molecular weight is 396 g/mol. The number of alkyl halides is 12. The molecule has 0 aromatic heterocycles. The Bertz CT molecular complexity index is 298. The van der Waals surface area contributed by atoms with Gasteiger partial charge >= 0.3 is 30.8 Å². The van der Waals surface area contributed by atoms with E-state index in [4.69, 9.17) is 0 Å². The molecule has 0 bridgehead atoms. The van der Waals surface area contributed by atoms with E-state index in [1.807, 2.05) is 0 Å². The molecule has 0 aliphatic carbocycles. The molecule has 0 spiro atoms. The van der Waals surface area contributed by atoms with Gasteiger partial charge in [0.15, 0.2) is 0 Å². The van der Waals surface area contributed by atoms with Crippen LogP contribution in [0.4, 0.5) is 52.7 Å². The molecule has 0 saturated carbocycles. The highest BCUT2D eigenvalue weighted by Crippen LogP contribution is 2.68. The van der Waals surface area contributed by atoms with E-state index in [0.717, 1.165) is 0 Å². The Labute approximate surface area is 116 Å². The molecular formula is C5H3BF12O2P2. The van der Waals surface area contributed by atoms with Crippen LogP contribution in [0.1, 0.15) is 0 Å². The molecule has 132 valence electrons. The van der Waals surface area contributed by atoms with Gasteiger partial charge in [0, 0.05) is 0 Å². The van der Waals surface area contributed by atoms with Crippen molar-refractivity contribution in [1.29, 1.82) is 0 Å². The SMILES string of the molecule is CB(OP(C(F)(F)F)C(F)(F)F)OP(C(F)(F)F)C(F)(F)F. The lowest BCUT2D eigenvalue weighted by Gasteiger charge is -2.28. The second-order valence-electron chi connectivity index (χ2n) is 3.24. The van der Waals surface area contributed by atoms with Crippen molar-refractivity contribution in [2.24, 2.45) is 0 Å². The second-order valence-corrected chi connectivity index (χ2v) is 6.87. The minimum absolute atomic E-state index is 0.0691. The van der Waals surface area contributed by atoms with Crippen LogP contribution in [0.5, 0.6) is 0 Å². The maximum absolute atomic E-state index is 12.1. The summed E-state index contributed by atoms with van der Waals surface area (Å²) in [5.41, 5.74) is 0. The maximum Gasteiger partial charge on any atom is 0.460 e. The van der Waals surface area contributed by atoms with E-state index in [2.05, 4.69) is 8.88 Å². The quantitative estimate of drug-likeness (QED) is 0.329. The summed E-state index contributed by atoms with van der Waals surface area (Å²) < 4.78 is 151. The van der Waals surface area contributed by atoms with E-state index in [1.165, 1.54) is 0 Å². The van der Waals surface area contributed by atoms with Crippen LogP contribution in [0.3, 0.4) is 0 Å². The van der Waals surface area contributed by atoms with Gasteiger partial charge in [-0.15, -0.1) is 0 Å². The van der Waals surface area contributed by atoms with Crippen LogP contribution in [-0.2, 0) is 8.88 Å². The molecule has 0 N–H and O–H groups in total. The Morgan fingerprint density at radius 3 is 0.864 bits per heavy atom. The normalized spacial score (nSPS) is 14.9. The van der Waals surface area contributed by atoms with Gasteiger partial charge in [0.25, 0.3) is 0 Å². The first-order valence-corrected chi connectivity index (χ1v) is 7.10. The molecule has 0 aromatic carbocycles. The maximum atomic E-state index is 12.1. The fraction of sp³-hybridized carbons (Fsp3) is 1.00. The van der Waals surface area contributed by atoms with Crippen molar-refractivity contribution in [2.75, 3.05) is 0 Å². The van der Waals surface area contributed by atoms with Gasteiger partial charge in [-0.2, -0.15) is 52.7 Å². The predicted octanol–water partition coefficient (Wildman–Crippen LogP) is 6.01. The molecule has 0 saturated heterocycles. The van der Waals surface area contributed by atoms with Crippen LogP contribution in [0.15, 0.2) is 0 Å². The lowest BCUT2D eigenvalue weighted by Crippen LogP contribution is -2.29. The molecule has 17 heteroatoms. The standard InChI is InChI=1S/C5H3BF12O2P2/c1-6(19-21(2(7,8)9)3(10,11)12)20-22(4(13,14)15)5(16,17)18/h1H3. The Kier molecular flexibility index (Phi) is 6.86. The molecule has 0 radical (unpaired) electrons. The molecule has 0 aliphatic rings. The third-order valence-corrected chi connectivity index (χ3v) is 4.29. The van der Waals surface area contributed by atoms with Crippen molar-refractivity contribution in [2.45, 2.75) is 30.5 Å². The first-order chi connectivity index (χ1) is 9.37. The molecule has 0 rings (SSSR count). The molecule has 0 atom stereocenters. The van der Waals surface area contributed by atoms with Crippen molar-refractivity contribution < 1.29 is 61.6 Å². The Morgan fingerprint density at radius 2 is 0.727 bits per heavy atom. The zero-order valence-electron chi connectivity index (χ0n) is 9.82. The van der Waals surface area contributed by atoms with Gasteiger partial charge < -0.3 is 8.88 Å². The third kappa shape index (κ3) is 7.05. The summed E-state index contributed by atoms with van der Waals surface area (Å²) in [6, 6.07) is 0. The average Bonchev–Trinajstić information content (AvgIpc) is 2.15. The molecule has 2 nitrogen and oxygen atoms in total. The van der Waals surface area contributed by atoms with Crippen molar-refractivity contribution in [3.05, 3.63) is 0 Å². The minimum Gasteiger partial charge on any atom is -0.374 e. The second kappa shape index (κ2) is 6.86. The van der Waals surface area contributed by atoms with Crippen molar-refractivity contribution >= 4 is 23.4 Å². The molecule has 0 aromatic rings. The summed E-state index contributed by atoms with van der Waals surface area (Å²) in [5.74, 6) is -24.1. The number of rotatable bonds is 4. The van der Waals surface area contributed by atoms with E-state index in [-0.39, 0.29) is 6.82 Å². The minimum atomic E-state index is -6.04. The van der Waals surface area contributed by atoms with Crippen LogP contribution in [-0.4, -0.2) is 30.8 Å². The van der Waals surface area contributed by atoms with Crippen molar-refractivity contribution in [3.8, 4) is 0 Å². The lowest BCUT2D eigenvalue weighted by molar-refractivity contribution is -0.0956. The topological polar surface area (TPSA) is 18.5 Å². The van der Waals surface area contributed by atoms with Crippen LogP contribution in [0.25, 0.3) is 0 Å². The molecule has 0 aliphatic heterocycles. The van der Waals surface area contributed by atoms with E-state index in [9.17, 15) is 52.7 Å². The number of hydrogen-bond donors (Lipinski definition) is 0. The van der Waals surface area contributed by atoms with Crippen molar-refractivity contribution in [1.82, 2.24) is 0 Å². The lowest BCUT2D eigenvalue weighted by atomic mass is 9.98. The zero-order chi connectivity index (χ0) is 18.1. The van der Waals surface area contributed by atoms with Gasteiger partial charge in [-0.25, -0.2) is 0 Å². The number of halogens is 12. The number of hydrogen-bond acceptors (Lipinski definition) is 2.